The molecule has 3 amide bonds. The molecule has 1 aliphatic carbocycles. The van der Waals surface area contributed by atoms with Crippen molar-refractivity contribution in [3.05, 3.63) is 12.2 Å². The Morgan fingerprint density at radius 1 is 1.19 bits per heavy atom. The number of nitrogens with zero attached hydrogens (tertiary/aromatic N) is 1. The summed E-state index contributed by atoms with van der Waals surface area (Å²) in [5.74, 6) is -3.14. The number of ether oxygens (including phenoxy) is 2. The van der Waals surface area contributed by atoms with Crippen LogP contribution in [0.2, 0.25) is 0 Å². The number of alkyl carbamates (subject to hydrolysis) is 1. The first kappa shape index (κ1) is 27.5. The second kappa shape index (κ2) is 10.9. The van der Waals surface area contributed by atoms with Gasteiger partial charge in [-0.2, -0.15) is 0 Å². The number of allylic oxidation sites excluding steroid dienone is 1. The van der Waals surface area contributed by atoms with Crippen LogP contribution in [0.1, 0.15) is 72.6 Å². The molecule has 3 rings (SSSR count). The van der Waals surface area contributed by atoms with Crippen LogP contribution in [0.5, 0.6) is 0 Å². The molecule has 36 heavy (non-hydrogen) atoms. The van der Waals surface area contributed by atoms with Crippen molar-refractivity contribution < 1.29 is 38.6 Å². The fourth-order valence-electron chi connectivity index (χ4n) is 4.83. The Morgan fingerprint density at radius 3 is 2.56 bits per heavy atom. The van der Waals surface area contributed by atoms with E-state index in [-0.39, 0.29) is 25.3 Å². The van der Waals surface area contributed by atoms with Crippen molar-refractivity contribution in [1.29, 1.82) is 0 Å². The molecule has 3 aliphatic rings. The van der Waals surface area contributed by atoms with Crippen LogP contribution in [0.4, 0.5) is 4.79 Å². The van der Waals surface area contributed by atoms with E-state index in [4.69, 9.17) is 9.47 Å². The predicted molar refractivity (Wildman–Crippen MR) is 128 cm³/mol. The maximum Gasteiger partial charge on any atom is 0.408 e. The zero-order valence-corrected chi connectivity index (χ0v) is 21.4. The van der Waals surface area contributed by atoms with E-state index in [1.54, 1.807) is 20.8 Å². The molecule has 200 valence electrons. The van der Waals surface area contributed by atoms with E-state index in [1.165, 1.54) is 11.8 Å². The fourth-order valence-corrected chi connectivity index (χ4v) is 4.83. The fraction of sp³-hybridized carbons (Fsp3) is 0.720. The summed E-state index contributed by atoms with van der Waals surface area (Å²) < 4.78 is 10.6. The number of nitrogens with one attached hydrogen (secondary N) is 2. The highest BCUT2D eigenvalue weighted by Crippen LogP contribution is 2.45. The topological polar surface area (TPSA) is 151 Å². The number of carbonyl (C=O) groups is 5. The molecule has 0 spiro atoms. The molecule has 0 aromatic heterocycles. The normalized spacial score (nSPS) is 32.1. The van der Waals surface area contributed by atoms with Crippen molar-refractivity contribution >= 4 is 29.8 Å². The Hall–Kier alpha value is -3.11. The van der Waals surface area contributed by atoms with Gasteiger partial charge in [0, 0.05) is 19.3 Å². The van der Waals surface area contributed by atoms with E-state index in [1.807, 2.05) is 12.2 Å². The molecule has 0 radical (unpaired) electrons. The van der Waals surface area contributed by atoms with Gasteiger partial charge in [0.2, 0.25) is 11.8 Å². The molecule has 0 aromatic carbocycles. The van der Waals surface area contributed by atoms with Crippen molar-refractivity contribution in [3.63, 3.8) is 0 Å². The van der Waals surface area contributed by atoms with Crippen LogP contribution in [-0.4, -0.2) is 75.7 Å². The Morgan fingerprint density at radius 2 is 1.92 bits per heavy atom. The average Bonchev–Trinajstić information content (AvgIpc) is 3.28. The number of hydrogen-bond donors (Lipinski definition) is 3. The number of hydrogen-bond acceptors (Lipinski definition) is 7. The quantitative estimate of drug-likeness (QED) is 0.387. The number of aliphatic carboxylic acids is 1. The van der Waals surface area contributed by atoms with E-state index >= 15 is 0 Å². The number of esters is 1. The summed E-state index contributed by atoms with van der Waals surface area (Å²) in [5, 5.41) is 15.1. The van der Waals surface area contributed by atoms with Gasteiger partial charge in [0.25, 0.3) is 0 Å². The third kappa shape index (κ3) is 6.76. The highest BCUT2D eigenvalue weighted by atomic mass is 16.6. The van der Waals surface area contributed by atoms with Crippen LogP contribution in [0.15, 0.2) is 12.2 Å². The molecule has 1 saturated heterocycles. The van der Waals surface area contributed by atoms with Crippen molar-refractivity contribution in [2.45, 2.75) is 102 Å². The molecule has 3 N–H and O–H groups in total. The van der Waals surface area contributed by atoms with Crippen LogP contribution >= 0.6 is 0 Å². The molecule has 11 heteroatoms. The number of carboxylic acids is 1. The van der Waals surface area contributed by atoms with Crippen LogP contribution in [-0.2, 0) is 28.7 Å². The summed E-state index contributed by atoms with van der Waals surface area (Å²) in [6.45, 7) is 6.35. The van der Waals surface area contributed by atoms with E-state index in [9.17, 15) is 29.1 Å². The van der Waals surface area contributed by atoms with Gasteiger partial charge in [0.15, 0.2) is 0 Å². The van der Waals surface area contributed by atoms with Gasteiger partial charge in [-0.05, 0) is 46.5 Å². The number of rotatable bonds is 3. The monoisotopic (exact) mass is 507 g/mol. The summed E-state index contributed by atoms with van der Waals surface area (Å²) in [6.07, 6.45) is 5.97. The van der Waals surface area contributed by atoms with Crippen LogP contribution < -0.4 is 10.6 Å². The summed E-state index contributed by atoms with van der Waals surface area (Å²) >= 11 is 0. The van der Waals surface area contributed by atoms with Gasteiger partial charge in [-0.3, -0.25) is 14.4 Å². The van der Waals surface area contributed by atoms with Crippen molar-refractivity contribution in [1.82, 2.24) is 15.5 Å². The lowest BCUT2D eigenvalue weighted by atomic mass is 10.0. The van der Waals surface area contributed by atoms with Crippen molar-refractivity contribution in [2.75, 3.05) is 6.54 Å². The first-order valence-electron chi connectivity index (χ1n) is 12.5. The van der Waals surface area contributed by atoms with Crippen LogP contribution in [0, 0.1) is 5.92 Å². The zero-order chi connectivity index (χ0) is 26.7. The van der Waals surface area contributed by atoms with Crippen LogP contribution in [0.3, 0.4) is 0 Å². The van der Waals surface area contributed by atoms with E-state index < -0.39 is 59.2 Å². The number of amides is 3. The van der Waals surface area contributed by atoms with Crippen molar-refractivity contribution in [2.24, 2.45) is 5.92 Å². The lowest BCUT2D eigenvalue weighted by Gasteiger charge is -2.30. The molecule has 0 aromatic rings. The lowest BCUT2D eigenvalue weighted by molar-refractivity contribution is -0.147. The van der Waals surface area contributed by atoms with Gasteiger partial charge in [0.05, 0.1) is 6.54 Å². The minimum Gasteiger partial charge on any atom is -0.479 e. The van der Waals surface area contributed by atoms with Gasteiger partial charge < -0.3 is 30.1 Å². The SMILES string of the molecule is CC(=O)O[C@@H]1C[C@H]2C(=O)N[C@]3(C(=O)O)C[C@@H]3/C=C\CCCCC[C@H](NC(=O)OC(C)(C)C)C(=O)N2C1. The number of carbonyl (C=O) groups excluding carboxylic acids is 4. The van der Waals surface area contributed by atoms with E-state index in [0.717, 1.165) is 19.3 Å². The molecule has 2 fully saturated rings. The number of fused-ring (bicyclic) bond motifs is 2. The van der Waals surface area contributed by atoms with Gasteiger partial charge in [-0.1, -0.05) is 25.0 Å². The second-order valence-electron chi connectivity index (χ2n) is 10.8. The summed E-state index contributed by atoms with van der Waals surface area (Å²) in [6, 6.07) is -2.00. The lowest BCUT2D eigenvalue weighted by Crippen LogP contribution is -2.56. The standard InChI is InChI=1S/C25H37N3O8/c1-15(29)35-17-12-19-20(30)27-25(22(32)33)13-16(25)10-8-6-5-7-9-11-18(21(31)28(19)14-17)26-23(34)36-24(2,3)4/h8,10,16-19H,5-7,9,11-14H2,1-4H3,(H,26,34)(H,27,30)(H,32,33)/b10-8-/t16-,17+,18-,19-,25+/m0/s1. The van der Waals surface area contributed by atoms with Crippen LogP contribution in [0.25, 0.3) is 0 Å². The molecular formula is C25H37N3O8. The summed E-state index contributed by atoms with van der Waals surface area (Å²) in [7, 11) is 0. The molecule has 0 unspecified atom stereocenters. The maximum atomic E-state index is 13.7. The smallest absolute Gasteiger partial charge is 0.408 e. The minimum atomic E-state index is -1.42. The Kier molecular flexibility index (Phi) is 8.30. The average molecular weight is 508 g/mol. The van der Waals surface area contributed by atoms with Gasteiger partial charge in [-0.15, -0.1) is 0 Å². The third-order valence-electron chi connectivity index (χ3n) is 6.64. The van der Waals surface area contributed by atoms with Crippen molar-refractivity contribution in [3.8, 4) is 0 Å². The third-order valence-corrected chi connectivity index (χ3v) is 6.64. The summed E-state index contributed by atoms with van der Waals surface area (Å²) in [5.41, 5.74) is -2.18. The Bertz CT molecular complexity index is 927. The highest BCUT2D eigenvalue weighted by Gasteiger charge is 2.61. The molecule has 2 heterocycles. The van der Waals surface area contributed by atoms with Gasteiger partial charge >= 0.3 is 18.0 Å². The second-order valence-corrected chi connectivity index (χ2v) is 10.8. The van der Waals surface area contributed by atoms with Gasteiger partial charge in [0.1, 0.15) is 29.3 Å². The van der Waals surface area contributed by atoms with E-state index in [2.05, 4.69) is 10.6 Å². The predicted octanol–water partition coefficient (Wildman–Crippen LogP) is 1.89. The minimum absolute atomic E-state index is 0.0342. The van der Waals surface area contributed by atoms with Gasteiger partial charge in [-0.25, -0.2) is 9.59 Å². The molecular weight excluding hydrogens is 470 g/mol. The van der Waals surface area contributed by atoms with E-state index in [0.29, 0.717) is 12.8 Å². The largest absolute Gasteiger partial charge is 0.479 e. The first-order valence-corrected chi connectivity index (χ1v) is 12.5. The number of carboxylic acid groups (broad SMARTS) is 1. The Balaban J connectivity index is 1.88. The molecule has 1 saturated carbocycles. The molecule has 11 nitrogen and oxygen atoms in total. The Labute approximate surface area is 210 Å². The highest BCUT2D eigenvalue weighted by molar-refractivity contribution is 5.96. The molecule has 2 aliphatic heterocycles. The molecule has 5 atom stereocenters. The first-order chi connectivity index (χ1) is 16.8. The zero-order valence-electron chi connectivity index (χ0n) is 21.4. The molecule has 0 bridgehead atoms. The summed E-state index contributed by atoms with van der Waals surface area (Å²) in [4.78, 5) is 64.4. The maximum absolute atomic E-state index is 13.7.